The number of methoxy groups -OCH3 is 1. The number of allylic oxidation sites excluding steroid dienone is 4. The lowest BCUT2D eigenvalue weighted by molar-refractivity contribution is -0.140. The van der Waals surface area contributed by atoms with Crippen LogP contribution in [0.5, 0.6) is 0 Å². The summed E-state index contributed by atoms with van der Waals surface area (Å²) < 4.78 is 4.78. The van der Waals surface area contributed by atoms with Gasteiger partial charge >= 0.3 is 5.97 Å². The molecule has 0 radical (unpaired) electrons. The summed E-state index contributed by atoms with van der Waals surface area (Å²) in [5, 5.41) is 0.770. The van der Waals surface area contributed by atoms with Gasteiger partial charge in [0.2, 0.25) is 0 Å². The minimum absolute atomic E-state index is 0.0978. The summed E-state index contributed by atoms with van der Waals surface area (Å²) in [6.07, 6.45) is 17.7. The summed E-state index contributed by atoms with van der Waals surface area (Å²) in [6.45, 7) is 9.22. The van der Waals surface area contributed by atoms with Crippen molar-refractivity contribution < 1.29 is 14.3 Å². The van der Waals surface area contributed by atoms with Gasteiger partial charge in [0.25, 0.3) is 0 Å². The summed E-state index contributed by atoms with van der Waals surface area (Å²) in [5.41, 5.74) is 4.01. The number of thioether (sulfide) groups is 1. The van der Waals surface area contributed by atoms with E-state index in [4.69, 9.17) is 4.74 Å². The molecule has 184 valence electrons. The molecule has 0 aromatic heterocycles. The van der Waals surface area contributed by atoms with E-state index in [-0.39, 0.29) is 11.1 Å². The van der Waals surface area contributed by atoms with Crippen molar-refractivity contribution in [2.24, 2.45) is 34.5 Å². The maximum absolute atomic E-state index is 11.7. The zero-order valence-electron chi connectivity index (χ0n) is 21.5. The summed E-state index contributed by atoms with van der Waals surface area (Å²) in [4.78, 5) is 23.1. The molecule has 3 fully saturated rings. The van der Waals surface area contributed by atoms with Gasteiger partial charge in [0, 0.05) is 18.6 Å². The topological polar surface area (TPSA) is 43.4 Å². The van der Waals surface area contributed by atoms with Crippen molar-refractivity contribution in [1.82, 2.24) is 0 Å². The maximum atomic E-state index is 11.7. The number of fused-ring (bicyclic) bond motifs is 5. The van der Waals surface area contributed by atoms with Gasteiger partial charge in [-0.1, -0.05) is 48.9 Å². The quantitative estimate of drug-likeness (QED) is 0.228. The highest BCUT2D eigenvalue weighted by atomic mass is 32.2. The van der Waals surface area contributed by atoms with Crippen molar-refractivity contribution in [2.75, 3.05) is 7.11 Å². The maximum Gasteiger partial charge on any atom is 0.305 e. The number of unbranched alkanes of at least 4 members (excludes halogenated alkanes) is 1. The zero-order valence-corrected chi connectivity index (χ0v) is 22.3. The summed E-state index contributed by atoms with van der Waals surface area (Å²) in [7, 11) is 1.47. The highest BCUT2D eigenvalue weighted by Crippen LogP contribution is 2.67. The Hall–Kier alpha value is -1.03. The Bertz CT molecular complexity index is 829. The molecule has 0 spiro atoms. The fourth-order valence-electron chi connectivity index (χ4n) is 8.53. The smallest absolute Gasteiger partial charge is 0.305 e. The first-order valence-corrected chi connectivity index (χ1v) is 14.2. The van der Waals surface area contributed by atoms with Gasteiger partial charge in [-0.25, -0.2) is 0 Å². The van der Waals surface area contributed by atoms with Crippen molar-refractivity contribution in [2.45, 2.75) is 104 Å². The number of carbonyl (C=O) groups is 2. The van der Waals surface area contributed by atoms with Gasteiger partial charge in [-0.2, -0.15) is 0 Å². The van der Waals surface area contributed by atoms with Crippen LogP contribution in [0.25, 0.3) is 0 Å². The molecule has 4 aliphatic rings. The lowest BCUT2D eigenvalue weighted by Crippen LogP contribution is -2.50. The summed E-state index contributed by atoms with van der Waals surface area (Å²) in [6, 6.07) is 0. The van der Waals surface area contributed by atoms with Crippen LogP contribution in [0.1, 0.15) is 98.3 Å². The minimum Gasteiger partial charge on any atom is -0.469 e. The molecular weight excluding hydrogens is 428 g/mol. The van der Waals surface area contributed by atoms with E-state index in [9.17, 15) is 9.59 Å². The number of hydrogen-bond donors (Lipinski definition) is 0. The van der Waals surface area contributed by atoms with Gasteiger partial charge in [-0.05, 0) is 106 Å². The van der Waals surface area contributed by atoms with E-state index in [1.807, 2.05) is 0 Å². The van der Waals surface area contributed by atoms with E-state index in [1.165, 1.54) is 52.1 Å². The fraction of sp³-hybridized carbons (Fsp3) is 0.793. The van der Waals surface area contributed by atoms with Crippen LogP contribution in [-0.2, 0) is 14.3 Å². The molecule has 0 N–H and O–H groups in total. The molecule has 3 nitrogen and oxygen atoms in total. The third-order valence-electron chi connectivity index (χ3n) is 10.2. The first-order chi connectivity index (χ1) is 15.7. The Morgan fingerprint density at radius 2 is 1.91 bits per heavy atom. The molecular formula is C29H44O3S. The van der Waals surface area contributed by atoms with Crippen LogP contribution in [0.3, 0.4) is 0 Å². The van der Waals surface area contributed by atoms with Gasteiger partial charge in [-0.15, -0.1) is 0 Å². The first-order valence-electron chi connectivity index (χ1n) is 13.3. The summed E-state index contributed by atoms with van der Waals surface area (Å²) >= 11 is 1.58. The van der Waals surface area contributed by atoms with Gasteiger partial charge in [-0.3, -0.25) is 9.59 Å². The van der Waals surface area contributed by atoms with Gasteiger partial charge < -0.3 is 4.74 Å². The molecule has 7 atom stereocenters. The van der Waals surface area contributed by atoms with E-state index in [0.717, 1.165) is 37.0 Å². The van der Waals surface area contributed by atoms with E-state index in [1.54, 1.807) is 29.8 Å². The van der Waals surface area contributed by atoms with E-state index in [0.29, 0.717) is 28.4 Å². The average Bonchev–Trinajstić information content (AvgIpc) is 3.13. The Morgan fingerprint density at radius 3 is 2.64 bits per heavy atom. The van der Waals surface area contributed by atoms with Crippen LogP contribution in [0.2, 0.25) is 0 Å². The van der Waals surface area contributed by atoms with Gasteiger partial charge in [0.1, 0.15) is 0 Å². The van der Waals surface area contributed by atoms with Crippen molar-refractivity contribution >= 4 is 22.8 Å². The minimum atomic E-state index is -0.0978. The second kappa shape index (κ2) is 9.91. The molecule has 0 aromatic rings. The van der Waals surface area contributed by atoms with E-state index in [2.05, 4.69) is 32.9 Å². The molecule has 0 amide bonds. The van der Waals surface area contributed by atoms with E-state index >= 15 is 0 Å². The van der Waals surface area contributed by atoms with Crippen LogP contribution in [-0.4, -0.2) is 23.4 Å². The predicted molar refractivity (Wildman–Crippen MR) is 137 cm³/mol. The van der Waals surface area contributed by atoms with Crippen LogP contribution in [0, 0.1) is 34.5 Å². The van der Waals surface area contributed by atoms with Crippen LogP contribution in [0.15, 0.2) is 23.3 Å². The molecule has 0 heterocycles. The normalized spacial score (nSPS) is 40.3. The van der Waals surface area contributed by atoms with Crippen molar-refractivity contribution in [3.63, 3.8) is 0 Å². The lowest BCUT2D eigenvalue weighted by atomic mass is 9.47. The second-order valence-electron chi connectivity index (χ2n) is 11.8. The molecule has 0 saturated heterocycles. The fourth-order valence-corrected chi connectivity index (χ4v) is 9.50. The Balaban J connectivity index is 1.45. The Morgan fingerprint density at radius 1 is 1.12 bits per heavy atom. The average molecular weight is 473 g/mol. The van der Waals surface area contributed by atoms with Crippen molar-refractivity contribution in [1.29, 1.82) is 0 Å². The number of hydrogen-bond acceptors (Lipinski definition) is 4. The number of carbonyl (C=O) groups excluding carboxylic acids is 2. The Labute approximate surface area is 205 Å². The van der Waals surface area contributed by atoms with Crippen molar-refractivity contribution in [3.8, 4) is 0 Å². The van der Waals surface area contributed by atoms with Crippen LogP contribution in [0.4, 0.5) is 0 Å². The molecule has 0 aromatic carbocycles. The molecule has 0 aliphatic heterocycles. The monoisotopic (exact) mass is 472 g/mol. The largest absolute Gasteiger partial charge is 0.469 e. The third-order valence-corrected chi connectivity index (χ3v) is 11.3. The van der Waals surface area contributed by atoms with Crippen LogP contribution >= 0.6 is 11.8 Å². The van der Waals surface area contributed by atoms with E-state index < -0.39 is 0 Å². The van der Waals surface area contributed by atoms with Crippen LogP contribution < -0.4 is 0 Å². The number of rotatable bonds is 6. The van der Waals surface area contributed by atoms with Gasteiger partial charge in [0.15, 0.2) is 5.12 Å². The number of esters is 1. The van der Waals surface area contributed by atoms with Gasteiger partial charge in [0.05, 0.1) is 7.11 Å². The SMILES string of the molecule is COC(=O)CCC/C=C(\C)[C@H]1CC[C@H]2[C@@H]3CC=C4C[C@@H](SC(C)=O)CC[C@]4(C)[C@H]3CC[C@]12C. The standard InChI is InChI=1S/C29H44O3S/c1-19(8-6-7-9-27(31)32-5)24-12-13-25-23-11-10-21-18-22(33-20(2)30)14-16-28(21,3)26(23)15-17-29(24,25)4/h8,10,22-26H,6-7,9,11-18H2,1-5H3/b19-8+/t22-,23-,24+,25-,26-,28-,29+/m0/s1. The summed E-state index contributed by atoms with van der Waals surface area (Å²) in [5.74, 6) is 3.08. The molecule has 0 bridgehead atoms. The second-order valence-corrected chi connectivity index (χ2v) is 13.3. The molecule has 4 aliphatic carbocycles. The number of ether oxygens (including phenoxy) is 1. The van der Waals surface area contributed by atoms with Crippen molar-refractivity contribution in [3.05, 3.63) is 23.3 Å². The third kappa shape index (κ3) is 4.75. The molecule has 0 unspecified atom stereocenters. The first kappa shape index (κ1) is 25.1. The highest BCUT2D eigenvalue weighted by molar-refractivity contribution is 8.14. The lowest BCUT2D eigenvalue weighted by Gasteiger charge is -2.58. The zero-order chi connectivity index (χ0) is 23.8. The Kier molecular flexibility index (Phi) is 7.53. The molecule has 4 rings (SSSR count). The molecule has 4 heteroatoms. The highest BCUT2D eigenvalue weighted by Gasteiger charge is 2.58. The molecule has 33 heavy (non-hydrogen) atoms. The predicted octanol–water partition coefficient (Wildman–Crippen LogP) is 7.50. The molecule has 3 saturated carbocycles.